The zero-order valence-electron chi connectivity index (χ0n) is 9.59. The summed E-state index contributed by atoms with van der Waals surface area (Å²) in [5.41, 5.74) is 0.893. The second-order valence-electron chi connectivity index (χ2n) is 3.78. The van der Waals surface area contributed by atoms with Crippen molar-refractivity contribution >= 4 is 40.0 Å². The molecule has 0 saturated carbocycles. The summed E-state index contributed by atoms with van der Waals surface area (Å²) < 4.78 is 18.9. The van der Waals surface area contributed by atoms with Gasteiger partial charge >= 0.3 is 0 Å². The molecule has 1 aromatic carbocycles. The monoisotopic (exact) mass is 277 g/mol. The van der Waals surface area contributed by atoms with E-state index in [1.165, 1.54) is 30.3 Å². The van der Waals surface area contributed by atoms with Gasteiger partial charge < -0.3 is 9.73 Å². The number of benzene rings is 1. The molecule has 1 aliphatic heterocycles. The highest BCUT2D eigenvalue weighted by atomic mass is 32.2. The summed E-state index contributed by atoms with van der Waals surface area (Å²) in [5, 5.41) is 11.2. The molecule has 0 spiro atoms. The Kier molecular flexibility index (Phi) is 3.04. The largest absolute Gasteiger partial charge is 0.464 e. The van der Waals surface area contributed by atoms with Gasteiger partial charge in [-0.25, -0.2) is 4.39 Å². The molecule has 96 valence electrons. The van der Waals surface area contributed by atoms with Gasteiger partial charge in [0, 0.05) is 10.9 Å². The summed E-state index contributed by atoms with van der Waals surface area (Å²) >= 11 is 1.26. The molecule has 3 rings (SSSR count). The van der Waals surface area contributed by atoms with Gasteiger partial charge in [0.25, 0.3) is 0 Å². The van der Waals surface area contributed by atoms with Gasteiger partial charge in [-0.3, -0.25) is 4.79 Å². The normalized spacial score (nSPS) is 17.7. The minimum atomic E-state index is -0.402. The van der Waals surface area contributed by atoms with Gasteiger partial charge in [0.2, 0.25) is 5.91 Å². The molecule has 2 aromatic rings. The van der Waals surface area contributed by atoms with Crippen LogP contribution in [0.3, 0.4) is 0 Å². The van der Waals surface area contributed by atoms with Crippen molar-refractivity contribution in [3.8, 4) is 0 Å². The number of furan rings is 1. The Morgan fingerprint density at radius 3 is 3.11 bits per heavy atom. The molecular weight excluding hydrogens is 269 g/mol. The van der Waals surface area contributed by atoms with Crippen LogP contribution in [0, 0.1) is 5.82 Å². The topological polar surface area (TPSA) is 67.0 Å². The zero-order chi connectivity index (χ0) is 13.2. The SMILES string of the molecule is O=C1CSC(=NN=Cc2c(F)ccc3occc23)N1. The predicted molar refractivity (Wildman–Crippen MR) is 71.8 cm³/mol. The van der Waals surface area contributed by atoms with Crippen molar-refractivity contribution in [2.24, 2.45) is 10.2 Å². The lowest BCUT2D eigenvalue weighted by Crippen LogP contribution is -2.19. The third-order valence-electron chi connectivity index (χ3n) is 2.55. The number of carbonyl (C=O) groups excluding carboxylic acids is 1. The van der Waals surface area contributed by atoms with Gasteiger partial charge in [-0.2, -0.15) is 5.10 Å². The summed E-state index contributed by atoms with van der Waals surface area (Å²) in [7, 11) is 0. The van der Waals surface area contributed by atoms with Crippen LogP contribution >= 0.6 is 11.8 Å². The molecule has 0 atom stereocenters. The molecule has 1 amide bonds. The van der Waals surface area contributed by atoms with Crippen LogP contribution in [0.1, 0.15) is 5.56 Å². The summed E-state index contributed by atoms with van der Waals surface area (Å²) in [6, 6.07) is 4.53. The Morgan fingerprint density at radius 1 is 1.42 bits per heavy atom. The van der Waals surface area contributed by atoms with Crippen molar-refractivity contribution in [1.29, 1.82) is 0 Å². The van der Waals surface area contributed by atoms with E-state index in [0.717, 1.165) is 0 Å². The lowest BCUT2D eigenvalue weighted by Gasteiger charge is -1.97. The summed E-state index contributed by atoms with van der Waals surface area (Å²) in [6.45, 7) is 0. The number of rotatable bonds is 2. The predicted octanol–water partition coefficient (Wildman–Crippen LogP) is 2.12. The smallest absolute Gasteiger partial charge is 0.236 e. The number of nitrogens with one attached hydrogen (secondary N) is 1. The fraction of sp³-hybridized carbons (Fsp3) is 0.0833. The van der Waals surface area contributed by atoms with Crippen LogP contribution in [0.5, 0.6) is 0 Å². The lowest BCUT2D eigenvalue weighted by molar-refractivity contribution is -0.116. The first-order valence-corrected chi connectivity index (χ1v) is 6.42. The van der Waals surface area contributed by atoms with Crippen LogP contribution in [-0.4, -0.2) is 23.0 Å². The van der Waals surface area contributed by atoms with E-state index in [2.05, 4.69) is 15.5 Å². The number of thioether (sulfide) groups is 1. The van der Waals surface area contributed by atoms with E-state index in [9.17, 15) is 9.18 Å². The molecule has 5 nitrogen and oxygen atoms in total. The van der Waals surface area contributed by atoms with Crippen molar-refractivity contribution < 1.29 is 13.6 Å². The summed E-state index contributed by atoms with van der Waals surface area (Å²) in [4.78, 5) is 10.9. The second-order valence-corrected chi connectivity index (χ2v) is 4.74. The van der Waals surface area contributed by atoms with E-state index in [0.29, 0.717) is 27.5 Å². The highest BCUT2D eigenvalue weighted by molar-refractivity contribution is 8.15. The maximum Gasteiger partial charge on any atom is 0.236 e. The van der Waals surface area contributed by atoms with Crippen molar-refractivity contribution in [3.63, 3.8) is 0 Å². The first-order valence-electron chi connectivity index (χ1n) is 5.43. The van der Waals surface area contributed by atoms with E-state index in [4.69, 9.17) is 4.42 Å². The average Bonchev–Trinajstić information content (AvgIpc) is 3.01. The second kappa shape index (κ2) is 4.85. The van der Waals surface area contributed by atoms with Crippen LogP contribution in [0.15, 0.2) is 39.1 Å². The van der Waals surface area contributed by atoms with E-state index in [1.54, 1.807) is 12.1 Å². The van der Waals surface area contributed by atoms with Crippen LogP contribution < -0.4 is 5.32 Å². The molecule has 1 N–H and O–H groups in total. The third-order valence-corrected chi connectivity index (χ3v) is 3.41. The fourth-order valence-corrected chi connectivity index (χ4v) is 2.32. The molecular formula is C12H8FN3O2S. The average molecular weight is 277 g/mol. The molecule has 0 radical (unpaired) electrons. The number of hydrogen-bond donors (Lipinski definition) is 1. The third kappa shape index (κ3) is 2.37. The van der Waals surface area contributed by atoms with Crippen LogP contribution in [0.2, 0.25) is 0 Å². The minimum Gasteiger partial charge on any atom is -0.464 e. The molecule has 0 unspecified atom stereocenters. The van der Waals surface area contributed by atoms with Crippen LogP contribution in [0.4, 0.5) is 4.39 Å². The van der Waals surface area contributed by atoms with Crippen molar-refractivity contribution in [1.82, 2.24) is 5.32 Å². The van der Waals surface area contributed by atoms with Gasteiger partial charge in [0.15, 0.2) is 5.17 Å². The Labute approximate surface area is 111 Å². The maximum absolute atomic E-state index is 13.7. The number of amidine groups is 1. The van der Waals surface area contributed by atoms with Gasteiger partial charge in [-0.15, -0.1) is 5.10 Å². The minimum absolute atomic E-state index is 0.109. The zero-order valence-corrected chi connectivity index (χ0v) is 10.4. The van der Waals surface area contributed by atoms with E-state index < -0.39 is 5.82 Å². The lowest BCUT2D eigenvalue weighted by atomic mass is 10.1. The molecule has 1 fully saturated rings. The van der Waals surface area contributed by atoms with Gasteiger partial charge in [-0.1, -0.05) is 11.8 Å². The number of carbonyl (C=O) groups is 1. The molecule has 7 heteroatoms. The molecule has 2 heterocycles. The molecule has 1 aromatic heterocycles. The Balaban J connectivity index is 1.90. The highest BCUT2D eigenvalue weighted by Gasteiger charge is 2.16. The fourth-order valence-electron chi connectivity index (χ4n) is 1.69. The quantitative estimate of drug-likeness (QED) is 0.675. The number of amides is 1. The maximum atomic E-state index is 13.7. The van der Waals surface area contributed by atoms with Crippen LogP contribution in [-0.2, 0) is 4.79 Å². The van der Waals surface area contributed by atoms with Crippen molar-refractivity contribution in [2.45, 2.75) is 0 Å². The van der Waals surface area contributed by atoms with E-state index >= 15 is 0 Å². The van der Waals surface area contributed by atoms with E-state index in [1.807, 2.05) is 0 Å². The van der Waals surface area contributed by atoms with Crippen molar-refractivity contribution in [2.75, 3.05) is 5.75 Å². The molecule has 19 heavy (non-hydrogen) atoms. The molecule has 1 saturated heterocycles. The van der Waals surface area contributed by atoms with Gasteiger partial charge in [-0.05, 0) is 18.2 Å². The molecule has 0 bridgehead atoms. The first kappa shape index (κ1) is 11.9. The van der Waals surface area contributed by atoms with Crippen LogP contribution in [0.25, 0.3) is 11.0 Å². The standard InChI is InChI=1S/C12H8FN3O2S/c13-9-1-2-10-7(3-4-18-10)8(9)5-14-16-12-15-11(17)6-19-12/h1-5H,6H2,(H,15,16,17). The molecule has 1 aliphatic rings. The summed E-state index contributed by atoms with van der Waals surface area (Å²) in [6.07, 6.45) is 2.80. The summed E-state index contributed by atoms with van der Waals surface area (Å²) in [5.74, 6) is -0.178. The number of fused-ring (bicyclic) bond motifs is 1. The molecule has 0 aliphatic carbocycles. The first-order chi connectivity index (χ1) is 9.24. The number of nitrogens with zero attached hydrogens (tertiary/aromatic N) is 2. The number of halogens is 1. The Morgan fingerprint density at radius 2 is 2.32 bits per heavy atom. The number of hydrogen-bond acceptors (Lipinski definition) is 5. The van der Waals surface area contributed by atoms with E-state index in [-0.39, 0.29) is 5.91 Å². The van der Waals surface area contributed by atoms with Crippen molar-refractivity contribution in [3.05, 3.63) is 35.8 Å². The Hall–Kier alpha value is -2.15. The highest BCUT2D eigenvalue weighted by Crippen LogP contribution is 2.21. The van der Waals surface area contributed by atoms with Gasteiger partial charge in [0.1, 0.15) is 11.4 Å². The Bertz CT molecular complexity index is 708. The van der Waals surface area contributed by atoms with Gasteiger partial charge in [0.05, 0.1) is 18.2 Å².